The summed E-state index contributed by atoms with van der Waals surface area (Å²) in [4.78, 5) is 7.18. The van der Waals surface area contributed by atoms with E-state index in [-0.39, 0.29) is 6.04 Å². The summed E-state index contributed by atoms with van der Waals surface area (Å²) in [7, 11) is 2.12. The van der Waals surface area contributed by atoms with Crippen molar-refractivity contribution in [2.45, 2.75) is 19.0 Å². The standard InChI is InChI=1S/C16H17N2/c1-12-15(13-8-4-3-5-9-13)17-16(18(12)2)14-10-6-7-11-14/h3-12,15H,1-2H3/t12-,15-/m0/s1. The van der Waals surface area contributed by atoms with E-state index in [2.05, 4.69) is 74.9 Å². The van der Waals surface area contributed by atoms with E-state index in [1.165, 1.54) is 11.5 Å². The molecule has 2 aliphatic rings. The number of aliphatic imine (C=N–C) groups is 1. The Balaban J connectivity index is 1.87. The van der Waals surface area contributed by atoms with Gasteiger partial charge in [-0.25, -0.2) is 0 Å². The zero-order valence-corrected chi connectivity index (χ0v) is 10.7. The van der Waals surface area contributed by atoms with Crippen LogP contribution in [0.3, 0.4) is 0 Å². The predicted molar refractivity (Wildman–Crippen MR) is 74.3 cm³/mol. The number of amidine groups is 1. The monoisotopic (exact) mass is 237 g/mol. The molecule has 1 aliphatic heterocycles. The molecule has 1 aromatic carbocycles. The third kappa shape index (κ3) is 1.94. The molecule has 0 N–H and O–H groups in total. The number of hydrogen-bond acceptors (Lipinski definition) is 2. The van der Waals surface area contributed by atoms with Gasteiger partial charge < -0.3 is 4.90 Å². The van der Waals surface area contributed by atoms with Gasteiger partial charge in [0.05, 0.1) is 12.1 Å². The number of benzene rings is 1. The van der Waals surface area contributed by atoms with Crippen molar-refractivity contribution in [1.29, 1.82) is 0 Å². The molecule has 91 valence electrons. The molecule has 0 saturated heterocycles. The highest BCUT2D eigenvalue weighted by Crippen LogP contribution is 2.36. The molecular weight excluding hydrogens is 220 g/mol. The minimum atomic E-state index is 0.237. The number of hydrogen-bond donors (Lipinski definition) is 0. The van der Waals surface area contributed by atoms with Gasteiger partial charge in [-0.2, -0.15) is 0 Å². The Bertz CT molecular complexity index is 432. The Hall–Kier alpha value is -1.31. The second-order valence-electron chi connectivity index (χ2n) is 4.83. The lowest BCUT2D eigenvalue weighted by molar-refractivity contribution is 0.379. The molecule has 3 rings (SSSR count). The summed E-state index contributed by atoms with van der Waals surface area (Å²) < 4.78 is 0. The summed E-state index contributed by atoms with van der Waals surface area (Å²) in [5.41, 5.74) is 1.29. The zero-order valence-electron chi connectivity index (χ0n) is 10.7. The number of likely N-dealkylation sites (N-methyl/N-ethyl adjacent to an activating group) is 1. The van der Waals surface area contributed by atoms with Crippen molar-refractivity contribution in [3.63, 3.8) is 0 Å². The van der Waals surface area contributed by atoms with Crippen LogP contribution in [0.1, 0.15) is 18.5 Å². The van der Waals surface area contributed by atoms with Crippen LogP contribution >= 0.6 is 0 Å². The third-order valence-corrected chi connectivity index (χ3v) is 3.73. The normalized spacial score (nSPS) is 28.8. The molecule has 1 fully saturated rings. The fourth-order valence-electron chi connectivity index (χ4n) is 2.54. The van der Waals surface area contributed by atoms with Crippen molar-refractivity contribution in [1.82, 2.24) is 4.90 Å². The van der Waals surface area contributed by atoms with Crippen molar-refractivity contribution < 1.29 is 0 Å². The quantitative estimate of drug-likeness (QED) is 0.772. The maximum atomic E-state index is 4.91. The van der Waals surface area contributed by atoms with Gasteiger partial charge in [-0.15, -0.1) is 0 Å². The molecule has 2 heteroatoms. The summed E-state index contributed by atoms with van der Waals surface area (Å²) >= 11 is 0. The second-order valence-corrected chi connectivity index (χ2v) is 4.83. The van der Waals surface area contributed by atoms with Crippen LogP contribution in [0.25, 0.3) is 0 Å². The van der Waals surface area contributed by atoms with Crippen molar-refractivity contribution >= 4 is 5.84 Å². The highest BCUT2D eigenvalue weighted by Gasteiger charge is 2.36. The Morgan fingerprint density at radius 1 is 1.06 bits per heavy atom. The lowest BCUT2D eigenvalue weighted by atomic mass is 10.0. The van der Waals surface area contributed by atoms with Crippen molar-refractivity contribution in [3.8, 4) is 0 Å². The molecule has 0 bridgehead atoms. The Morgan fingerprint density at radius 3 is 2.39 bits per heavy atom. The molecule has 18 heavy (non-hydrogen) atoms. The maximum absolute atomic E-state index is 4.91. The topological polar surface area (TPSA) is 15.6 Å². The van der Waals surface area contributed by atoms with E-state index in [1.54, 1.807) is 0 Å². The molecule has 1 aliphatic carbocycles. The van der Waals surface area contributed by atoms with Gasteiger partial charge in [0.25, 0.3) is 0 Å². The Kier molecular flexibility index (Phi) is 3.11. The molecule has 0 unspecified atom stereocenters. The number of rotatable bonds is 2. The Labute approximate surface area is 110 Å². The van der Waals surface area contributed by atoms with Crippen LogP contribution in [0.2, 0.25) is 0 Å². The fourth-order valence-corrected chi connectivity index (χ4v) is 2.54. The molecule has 2 atom stereocenters. The minimum Gasteiger partial charge on any atom is -0.358 e. The van der Waals surface area contributed by atoms with Gasteiger partial charge in [0, 0.05) is 13.0 Å². The van der Waals surface area contributed by atoms with Crippen LogP contribution in [0.15, 0.2) is 35.3 Å². The SMILES string of the molecule is C[C@H]1[C@@H](c2ccccc2)N=C([C]2[CH][CH][CH][CH]2)N1C. The van der Waals surface area contributed by atoms with Crippen LogP contribution < -0.4 is 0 Å². The zero-order chi connectivity index (χ0) is 12.5. The largest absolute Gasteiger partial charge is 0.358 e. The molecule has 1 saturated carbocycles. The van der Waals surface area contributed by atoms with Gasteiger partial charge >= 0.3 is 0 Å². The Morgan fingerprint density at radius 2 is 1.72 bits per heavy atom. The van der Waals surface area contributed by atoms with Crippen LogP contribution in [-0.4, -0.2) is 23.8 Å². The van der Waals surface area contributed by atoms with E-state index >= 15 is 0 Å². The molecule has 0 spiro atoms. The highest BCUT2D eigenvalue weighted by atomic mass is 15.3. The summed E-state index contributed by atoms with van der Waals surface area (Å²) in [6.45, 7) is 2.23. The maximum Gasteiger partial charge on any atom is 0.108 e. The van der Waals surface area contributed by atoms with Gasteiger partial charge in [0.2, 0.25) is 0 Å². The highest BCUT2D eigenvalue weighted by molar-refractivity contribution is 6.01. The molecule has 0 amide bonds. The van der Waals surface area contributed by atoms with Gasteiger partial charge in [0.15, 0.2) is 0 Å². The first-order valence-electron chi connectivity index (χ1n) is 6.35. The van der Waals surface area contributed by atoms with Gasteiger partial charge in [0.1, 0.15) is 5.84 Å². The predicted octanol–water partition coefficient (Wildman–Crippen LogP) is 2.87. The lowest BCUT2D eigenvalue weighted by Crippen LogP contribution is -2.34. The van der Waals surface area contributed by atoms with E-state index in [4.69, 9.17) is 4.99 Å². The average Bonchev–Trinajstić information content (AvgIpc) is 3.01. The smallest absolute Gasteiger partial charge is 0.108 e. The van der Waals surface area contributed by atoms with E-state index < -0.39 is 0 Å². The second kappa shape index (κ2) is 4.75. The van der Waals surface area contributed by atoms with Crippen molar-refractivity contribution in [2.75, 3.05) is 7.05 Å². The van der Waals surface area contributed by atoms with Gasteiger partial charge in [-0.1, -0.05) is 30.3 Å². The van der Waals surface area contributed by atoms with E-state index in [1.807, 2.05) is 0 Å². The summed E-state index contributed by atoms with van der Waals surface area (Å²) in [5, 5.41) is 0. The molecule has 1 aromatic rings. The van der Waals surface area contributed by atoms with Crippen LogP contribution in [0, 0.1) is 31.6 Å². The molecule has 1 heterocycles. The minimum absolute atomic E-state index is 0.237. The van der Waals surface area contributed by atoms with Crippen molar-refractivity contribution in [2.24, 2.45) is 4.99 Å². The van der Waals surface area contributed by atoms with Gasteiger partial charge in [-0.05, 0) is 38.2 Å². The van der Waals surface area contributed by atoms with E-state index in [0.29, 0.717) is 6.04 Å². The fraction of sp³-hybridized carbons (Fsp3) is 0.250. The van der Waals surface area contributed by atoms with Crippen LogP contribution in [0.5, 0.6) is 0 Å². The van der Waals surface area contributed by atoms with E-state index in [0.717, 1.165) is 5.84 Å². The van der Waals surface area contributed by atoms with E-state index in [9.17, 15) is 0 Å². The number of nitrogens with zero attached hydrogens (tertiary/aromatic N) is 2. The molecule has 5 radical (unpaired) electrons. The molecular formula is C16H17N2. The van der Waals surface area contributed by atoms with Crippen LogP contribution in [-0.2, 0) is 0 Å². The van der Waals surface area contributed by atoms with Crippen molar-refractivity contribution in [3.05, 3.63) is 67.5 Å². The summed E-state index contributed by atoms with van der Waals surface area (Å²) in [6.07, 6.45) is 8.36. The molecule has 2 nitrogen and oxygen atoms in total. The van der Waals surface area contributed by atoms with Gasteiger partial charge in [-0.3, -0.25) is 4.99 Å². The summed E-state index contributed by atoms with van der Waals surface area (Å²) in [5.74, 6) is 2.31. The average molecular weight is 237 g/mol. The first-order chi connectivity index (χ1) is 8.77. The first kappa shape index (κ1) is 11.8. The van der Waals surface area contributed by atoms with Crippen LogP contribution in [0.4, 0.5) is 0 Å². The lowest BCUT2D eigenvalue weighted by Gasteiger charge is -2.25. The first-order valence-corrected chi connectivity index (χ1v) is 6.35. The third-order valence-electron chi connectivity index (χ3n) is 3.73. The molecule has 0 aromatic heterocycles. The summed E-state index contributed by atoms with van der Waals surface area (Å²) in [6, 6.07) is 11.2.